The van der Waals surface area contributed by atoms with Gasteiger partial charge in [0, 0.05) is 24.5 Å². The summed E-state index contributed by atoms with van der Waals surface area (Å²) in [5, 5.41) is 11.9. The SMILES string of the molecule is Cc1nn(CC(=O)NC2CC(N(C)Cc3ccccc3)C2)c(=O)c2cc(C3CC3)nn12. The van der Waals surface area contributed by atoms with Crippen LogP contribution in [0.5, 0.6) is 0 Å². The number of nitrogens with zero attached hydrogens (tertiary/aromatic N) is 5. The largest absolute Gasteiger partial charge is 0.352 e. The van der Waals surface area contributed by atoms with Crippen LogP contribution in [0.15, 0.2) is 41.2 Å². The van der Waals surface area contributed by atoms with Crippen molar-refractivity contribution in [3.8, 4) is 0 Å². The summed E-state index contributed by atoms with van der Waals surface area (Å²) in [5.74, 6) is 0.900. The lowest BCUT2D eigenvalue weighted by Gasteiger charge is -2.41. The molecule has 2 fully saturated rings. The van der Waals surface area contributed by atoms with Crippen LogP contribution in [-0.2, 0) is 17.9 Å². The minimum absolute atomic E-state index is 0.0683. The average Bonchev–Trinajstić information content (AvgIpc) is 3.47. The molecule has 2 heterocycles. The summed E-state index contributed by atoms with van der Waals surface area (Å²) in [7, 11) is 2.12. The lowest BCUT2D eigenvalue weighted by molar-refractivity contribution is -0.123. The highest BCUT2D eigenvalue weighted by Crippen LogP contribution is 2.39. The van der Waals surface area contributed by atoms with Crippen molar-refractivity contribution in [1.82, 2.24) is 29.6 Å². The number of carbonyl (C=O) groups is 1. The number of carbonyl (C=O) groups excluding carboxylic acids is 1. The van der Waals surface area contributed by atoms with E-state index in [0.29, 0.717) is 23.3 Å². The lowest BCUT2D eigenvalue weighted by atomic mass is 9.85. The molecule has 31 heavy (non-hydrogen) atoms. The van der Waals surface area contributed by atoms with E-state index in [1.807, 2.05) is 19.1 Å². The Labute approximate surface area is 180 Å². The van der Waals surface area contributed by atoms with Gasteiger partial charge in [-0.1, -0.05) is 30.3 Å². The predicted octanol–water partition coefficient (Wildman–Crippen LogP) is 1.86. The first kappa shape index (κ1) is 19.9. The second-order valence-electron chi connectivity index (χ2n) is 8.94. The Bertz CT molecular complexity index is 1160. The zero-order chi connectivity index (χ0) is 21.5. The van der Waals surface area contributed by atoms with E-state index >= 15 is 0 Å². The van der Waals surface area contributed by atoms with Gasteiger partial charge in [0.1, 0.15) is 17.9 Å². The fourth-order valence-corrected chi connectivity index (χ4v) is 4.35. The van der Waals surface area contributed by atoms with Crippen LogP contribution in [-0.4, -0.2) is 49.3 Å². The summed E-state index contributed by atoms with van der Waals surface area (Å²) >= 11 is 0. The fourth-order valence-electron chi connectivity index (χ4n) is 4.35. The molecule has 8 nitrogen and oxygen atoms in total. The number of fused-ring (bicyclic) bond motifs is 1. The molecule has 2 aromatic heterocycles. The van der Waals surface area contributed by atoms with Crippen LogP contribution in [0, 0.1) is 6.92 Å². The van der Waals surface area contributed by atoms with Crippen LogP contribution in [0.2, 0.25) is 0 Å². The number of rotatable bonds is 7. The molecule has 0 bridgehead atoms. The average molecular weight is 421 g/mol. The number of nitrogens with one attached hydrogen (secondary N) is 1. The van der Waals surface area contributed by atoms with Gasteiger partial charge in [-0.15, -0.1) is 0 Å². The van der Waals surface area contributed by atoms with Crippen molar-refractivity contribution in [3.63, 3.8) is 0 Å². The second-order valence-corrected chi connectivity index (χ2v) is 8.94. The summed E-state index contributed by atoms with van der Waals surface area (Å²) in [6.45, 7) is 2.64. The molecular weight excluding hydrogens is 392 g/mol. The Kier molecular flexibility index (Phi) is 5.09. The molecule has 2 aliphatic rings. The van der Waals surface area contributed by atoms with Crippen molar-refractivity contribution >= 4 is 11.4 Å². The van der Waals surface area contributed by atoms with Crippen molar-refractivity contribution < 1.29 is 4.79 Å². The first-order chi connectivity index (χ1) is 15.0. The molecule has 162 valence electrons. The molecule has 5 rings (SSSR count). The van der Waals surface area contributed by atoms with Crippen LogP contribution in [0.25, 0.3) is 5.52 Å². The van der Waals surface area contributed by atoms with E-state index in [1.54, 1.807) is 4.52 Å². The van der Waals surface area contributed by atoms with E-state index in [-0.39, 0.29) is 24.1 Å². The minimum Gasteiger partial charge on any atom is -0.352 e. The highest BCUT2D eigenvalue weighted by molar-refractivity contribution is 5.76. The quantitative estimate of drug-likeness (QED) is 0.631. The number of amides is 1. The van der Waals surface area contributed by atoms with Crippen LogP contribution in [0.3, 0.4) is 0 Å². The zero-order valence-corrected chi connectivity index (χ0v) is 18.0. The monoisotopic (exact) mass is 420 g/mol. The molecule has 2 aliphatic carbocycles. The maximum Gasteiger partial charge on any atom is 0.293 e. The van der Waals surface area contributed by atoms with Gasteiger partial charge in [-0.25, -0.2) is 9.20 Å². The highest BCUT2D eigenvalue weighted by atomic mass is 16.2. The molecule has 2 saturated carbocycles. The van der Waals surface area contributed by atoms with Gasteiger partial charge in [0.25, 0.3) is 5.56 Å². The first-order valence-electron chi connectivity index (χ1n) is 11.0. The topological polar surface area (TPSA) is 84.5 Å². The molecule has 0 aliphatic heterocycles. The Morgan fingerprint density at radius 2 is 1.94 bits per heavy atom. The highest BCUT2D eigenvalue weighted by Gasteiger charge is 2.33. The van der Waals surface area contributed by atoms with Gasteiger partial charge in [0.05, 0.1) is 5.69 Å². The Hall–Kier alpha value is -3.00. The molecule has 1 aromatic carbocycles. The first-order valence-corrected chi connectivity index (χ1v) is 11.0. The normalized spacial score (nSPS) is 20.7. The third kappa shape index (κ3) is 4.12. The van der Waals surface area contributed by atoms with E-state index in [4.69, 9.17) is 0 Å². The van der Waals surface area contributed by atoms with E-state index < -0.39 is 0 Å². The van der Waals surface area contributed by atoms with Gasteiger partial charge in [-0.05, 0) is 51.3 Å². The summed E-state index contributed by atoms with van der Waals surface area (Å²) < 4.78 is 2.86. The third-order valence-corrected chi connectivity index (χ3v) is 6.42. The van der Waals surface area contributed by atoms with Crippen molar-refractivity contribution in [2.75, 3.05) is 7.05 Å². The molecule has 8 heteroatoms. The van der Waals surface area contributed by atoms with Crippen LogP contribution < -0.4 is 10.9 Å². The molecule has 3 aromatic rings. The third-order valence-electron chi connectivity index (χ3n) is 6.42. The standard InChI is InChI=1S/C23H28N6O2/c1-15-25-28(23(31)21-12-20(17-8-9-17)26-29(15)21)14-22(30)24-18-10-19(11-18)27(2)13-16-6-4-3-5-7-16/h3-7,12,17-19H,8-11,13-14H2,1-2H3,(H,24,30). The molecule has 0 radical (unpaired) electrons. The van der Waals surface area contributed by atoms with Gasteiger partial charge in [-0.3, -0.25) is 14.5 Å². The van der Waals surface area contributed by atoms with Crippen LogP contribution in [0.4, 0.5) is 0 Å². The van der Waals surface area contributed by atoms with Gasteiger partial charge in [0.2, 0.25) is 5.91 Å². The summed E-state index contributed by atoms with van der Waals surface area (Å²) in [6, 6.07) is 12.8. The zero-order valence-electron chi connectivity index (χ0n) is 18.0. The van der Waals surface area contributed by atoms with Gasteiger partial charge >= 0.3 is 0 Å². The van der Waals surface area contributed by atoms with E-state index in [2.05, 4.69) is 51.7 Å². The molecular formula is C23H28N6O2. The number of hydrogen-bond donors (Lipinski definition) is 1. The number of aryl methyl sites for hydroxylation is 1. The molecule has 0 saturated heterocycles. The molecule has 0 atom stereocenters. The maximum absolute atomic E-state index is 12.8. The summed E-state index contributed by atoms with van der Waals surface area (Å²) in [5.41, 5.74) is 2.46. The maximum atomic E-state index is 12.8. The number of benzene rings is 1. The Morgan fingerprint density at radius 1 is 1.19 bits per heavy atom. The van der Waals surface area contributed by atoms with Gasteiger partial charge in [0.15, 0.2) is 0 Å². The molecule has 1 amide bonds. The predicted molar refractivity (Wildman–Crippen MR) is 117 cm³/mol. The van der Waals surface area contributed by atoms with E-state index in [9.17, 15) is 9.59 Å². The van der Waals surface area contributed by atoms with Gasteiger partial charge < -0.3 is 5.32 Å². The molecule has 0 spiro atoms. The molecule has 0 unspecified atom stereocenters. The van der Waals surface area contributed by atoms with E-state index in [1.165, 1.54) is 10.2 Å². The van der Waals surface area contributed by atoms with Crippen LogP contribution >= 0.6 is 0 Å². The Balaban J connectivity index is 1.17. The lowest BCUT2D eigenvalue weighted by Crippen LogP contribution is -2.53. The summed E-state index contributed by atoms with van der Waals surface area (Å²) in [4.78, 5) is 27.7. The smallest absolute Gasteiger partial charge is 0.293 e. The number of aromatic nitrogens is 4. The van der Waals surface area contributed by atoms with Crippen molar-refractivity contribution in [2.45, 2.75) is 63.7 Å². The van der Waals surface area contributed by atoms with Crippen LogP contribution in [0.1, 0.15) is 48.7 Å². The molecule has 1 N–H and O–H groups in total. The summed E-state index contributed by atoms with van der Waals surface area (Å²) in [6.07, 6.45) is 4.08. The fraction of sp³-hybridized carbons (Fsp3) is 0.478. The van der Waals surface area contributed by atoms with Crippen molar-refractivity contribution in [3.05, 3.63) is 63.8 Å². The van der Waals surface area contributed by atoms with E-state index in [0.717, 1.165) is 37.9 Å². The van der Waals surface area contributed by atoms with Crippen molar-refractivity contribution in [2.24, 2.45) is 0 Å². The van der Waals surface area contributed by atoms with Gasteiger partial charge in [-0.2, -0.15) is 10.2 Å². The number of hydrogen-bond acceptors (Lipinski definition) is 5. The minimum atomic E-state index is -0.269. The second kappa shape index (κ2) is 7.92. The van der Waals surface area contributed by atoms with Crippen molar-refractivity contribution in [1.29, 1.82) is 0 Å². The Morgan fingerprint density at radius 3 is 2.65 bits per heavy atom.